The van der Waals surface area contributed by atoms with Gasteiger partial charge in [-0.1, -0.05) is 11.2 Å². The van der Waals surface area contributed by atoms with E-state index in [1.165, 1.54) is 0 Å². The first kappa shape index (κ1) is 18.4. The Morgan fingerprint density at radius 1 is 1.42 bits per heavy atom. The monoisotopic (exact) mass is 352 g/mol. The Kier molecular flexibility index (Phi) is 5.93. The molecule has 24 heavy (non-hydrogen) atoms. The number of hydrogen-bond donors (Lipinski definition) is 2. The van der Waals surface area contributed by atoms with E-state index >= 15 is 0 Å². The van der Waals surface area contributed by atoms with Crippen LogP contribution in [0.4, 0.5) is 0 Å². The van der Waals surface area contributed by atoms with Crippen molar-refractivity contribution >= 4 is 18.3 Å². The quantitative estimate of drug-likeness (QED) is 0.857. The van der Waals surface area contributed by atoms with Crippen LogP contribution in [-0.4, -0.2) is 45.2 Å². The lowest BCUT2D eigenvalue weighted by molar-refractivity contribution is -0.135. The van der Waals surface area contributed by atoms with E-state index in [4.69, 9.17) is 10.3 Å². The van der Waals surface area contributed by atoms with Crippen LogP contribution in [0.2, 0.25) is 0 Å². The predicted octanol–water partition coefficient (Wildman–Crippen LogP) is 1.21. The number of pyridine rings is 1. The summed E-state index contributed by atoms with van der Waals surface area (Å²) in [6, 6.07) is 7.01. The molecule has 7 nitrogen and oxygen atoms in total. The van der Waals surface area contributed by atoms with Crippen molar-refractivity contribution in [1.82, 2.24) is 15.0 Å². The molecule has 3 N–H and O–H groups in total. The van der Waals surface area contributed by atoms with Gasteiger partial charge in [0.2, 0.25) is 5.91 Å². The summed E-state index contributed by atoms with van der Waals surface area (Å²) < 4.78 is 5.29. The van der Waals surface area contributed by atoms with Crippen LogP contribution in [0.25, 0.3) is 11.4 Å². The van der Waals surface area contributed by atoms with Gasteiger partial charge in [0, 0.05) is 31.3 Å². The third kappa shape index (κ3) is 3.92. The number of amides is 1. The molecule has 2 aromatic heterocycles. The lowest BCUT2D eigenvalue weighted by Crippen LogP contribution is -2.32. The Morgan fingerprint density at radius 3 is 2.83 bits per heavy atom. The maximum absolute atomic E-state index is 12.4. The van der Waals surface area contributed by atoms with E-state index in [9.17, 15) is 9.90 Å². The fraction of sp³-hybridized carbons (Fsp3) is 0.438. The second-order valence-electron chi connectivity index (χ2n) is 5.99. The van der Waals surface area contributed by atoms with E-state index in [2.05, 4.69) is 10.1 Å². The summed E-state index contributed by atoms with van der Waals surface area (Å²) in [5.41, 5.74) is 7.13. The molecule has 0 bridgehead atoms. The number of aliphatic hydroxyl groups is 1. The standard InChI is InChI=1S/C16H20N4O3.ClH/c1-20(16(22)10-6-12(17)15(21)7-10)9-11-8-14(19-23-11)13-4-2-3-5-18-13;/h2-5,8,10,12,15,21H,6-7,9,17H2,1H3;1H/t10-,12+,15+;/m0./s1. The minimum Gasteiger partial charge on any atom is -0.391 e. The number of carbonyl (C=O) groups excluding carboxylic acids is 1. The van der Waals surface area contributed by atoms with Gasteiger partial charge in [-0.2, -0.15) is 0 Å². The predicted molar refractivity (Wildman–Crippen MR) is 90.2 cm³/mol. The van der Waals surface area contributed by atoms with Crippen molar-refractivity contribution in [1.29, 1.82) is 0 Å². The highest BCUT2D eigenvalue weighted by atomic mass is 35.5. The molecule has 0 spiro atoms. The zero-order valence-corrected chi connectivity index (χ0v) is 14.1. The summed E-state index contributed by atoms with van der Waals surface area (Å²) in [6.45, 7) is 0.320. The number of rotatable bonds is 4. The third-order valence-electron chi connectivity index (χ3n) is 4.18. The number of nitrogens with two attached hydrogens (primary N) is 1. The number of aromatic nitrogens is 2. The number of aliphatic hydroxyl groups excluding tert-OH is 1. The Bertz CT molecular complexity index is 669. The zero-order chi connectivity index (χ0) is 16.4. The van der Waals surface area contributed by atoms with Gasteiger partial charge < -0.3 is 20.3 Å². The average Bonchev–Trinajstić information content (AvgIpc) is 3.15. The molecule has 130 valence electrons. The van der Waals surface area contributed by atoms with Crippen LogP contribution in [0.3, 0.4) is 0 Å². The van der Waals surface area contributed by atoms with Gasteiger partial charge in [0.1, 0.15) is 5.69 Å². The van der Waals surface area contributed by atoms with E-state index in [1.807, 2.05) is 18.2 Å². The SMILES string of the molecule is CN(Cc1cc(-c2ccccn2)no1)C(=O)[C@H]1C[C@@H](N)[C@H](O)C1.Cl. The molecule has 1 amide bonds. The van der Waals surface area contributed by atoms with Crippen LogP contribution in [0, 0.1) is 5.92 Å². The van der Waals surface area contributed by atoms with Crippen LogP contribution in [0.1, 0.15) is 18.6 Å². The molecular weight excluding hydrogens is 332 g/mol. The summed E-state index contributed by atoms with van der Waals surface area (Å²) in [6.07, 6.45) is 2.02. The molecule has 0 aliphatic heterocycles. The Balaban J connectivity index is 0.00000208. The molecule has 2 aromatic rings. The van der Waals surface area contributed by atoms with E-state index in [0.29, 0.717) is 30.8 Å². The summed E-state index contributed by atoms with van der Waals surface area (Å²) in [7, 11) is 1.71. The second-order valence-corrected chi connectivity index (χ2v) is 5.99. The lowest BCUT2D eigenvalue weighted by Gasteiger charge is -2.19. The van der Waals surface area contributed by atoms with E-state index < -0.39 is 6.10 Å². The van der Waals surface area contributed by atoms with Gasteiger partial charge >= 0.3 is 0 Å². The molecule has 2 heterocycles. The van der Waals surface area contributed by atoms with Gasteiger partial charge in [0.15, 0.2) is 5.76 Å². The molecule has 1 aliphatic rings. The Hall–Kier alpha value is -1.96. The molecule has 1 fully saturated rings. The normalized spacial score (nSPS) is 22.9. The fourth-order valence-electron chi connectivity index (χ4n) is 2.90. The summed E-state index contributed by atoms with van der Waals surface area (Å²) >= 11 is 0. The molecule has 0 saturated heterocycles. The molecule has 1 aliphatic carbocycles. The van der Waals surface area contributed by atoms with Gasteiger partial charge in [0.25, 0.3) is 0 Å². The molecule has 0 unspecified atom stereocenters. The zero-order valence-electron chi connectivity index (χ0n) is 13.3. The van der Waals surface area contributed by atoms with Crippen molar-refractivity contribution in [3.05, 3.63) is 36.2 Å². The smallest absolute Gasteiger partial charge is 0.225 e. The maximum Gasteiger partial charge on any atom is 0.225 e. The van der Waals surface area contributed by atoms with E-state index in [-0.39, 0.29) is 30.3 Å². The van der Waals surface area contributed by atoms with Crippen molar-refractivity contribution in [2.75, 3.05) is 7.05 Å². The highest BCUT2D eigenvalue weighted by Gasteiger charge is 2.36. The van der Waals surface area contributed by atoms with E-state index in [1.54, 1.807) is 24.2 Å². The van der Waals surface area contributed by atoms with Crippen molar-refractivity contribution in [2.45, 2.75) is 31.5 Å². The largest absolute Gasteiger partial charge is 0.391 e. The maximum atomic E-state index is 12.4. The topological polar surface area (TPSA) is 105 Å². The summed E-state index contributed by atoms with van der Waals surface area (Å²) in [5, 5.41) is 13.7. The molecule has 1 saturated carbocycles. The minimum atomic E-state index is -0.599. The van der Waals surface area contributed by atoms with E-state index in [0.717, 1.165) is 5.69 Å². The highest BCUT2D eigenvalue weighted by Crippen LogP contribution is 2.27. The lowest BCUT2D eigenvalue weighted by atomic mass is 10.1. The molecule has 0 aromatic carbocycles. The number of carbonyl (C=O) groups is 1. The van der Waals surface area contributed by atoms with Crippen molar-refractivity contribution in [3.63, 3.8) is 0 Å². The first-order valence-corrected chi connectivity index (χ1v) is 7.60. The molecule has 0 radical (unpaired) electrons. The van der Waals surface area contributed by atoms with Crippen LogP contribution >= 0.6 is 12.4 Å². The highest BCUT2D eigenvalue weighted by molar-refractivity contribution is 5.85. The van der Waals surface area contributed by atoms with Crippen molar-refractivity contribution in [2.24, 2.45) is 11.7 Å². The summed E-state index contributed by atoms with van der Waals surface area (Å²) in [4.78, 5) is 18.2. The first-order chi connectivity index (χ1) is 11.0. The van der Waals surface area contributed by atoms with Crippen LogP contribution in [0.15, 0.2) is 35.0 Å². The molecular formula is C16H21ClN4O3. The average molecular weight is 353 g/mol. The number of halogens is 1. The minimum absolute atomic E-state index is 0. The molecule has 3 atom stereocenters. The molecule has 3 rings (SSSR count). The van der Waals surface area contributed by atoms with Crippen molar-refractivity contribution in [3.8, 4) is 11.4 Å². The van der Waals surface area contributed by atoms with Crippen LogP contribution < -0.4 is 5.73 Å². The number of nitrogens with zero attached hydrogens (tertiary/aromatic N) is 3. The second kappa shape index (κ2) is 7.74. The van der Waals surface area contributed by atoms with Crippen molar-refractivity contribution < 1.29 is 14.4 Å². The fourth-order valence-corrected chi connectivity index (χ4v) is 2.90. The van der Waals surface area contributed by atoms with Crippen LogP contribution in [0.5, 0.6) is 0 Å². The molecule has 8 heteroatoms. The van der Waals surface area contributed by atoms with Gasteiger partial charge in [0.05, 0.1) is 18.3 Å². The van der Waals surface area contributed by atoms with Crippen LogP contribution in [-0.2, 0) is 11.3 Å². The number of hydrogen-bond acceptors (Lipinski definition) is 6. The van der Waals surface area contributed by atoms with Gasteiger partial charge in [-0.05, 0) is 25.0 Å². The summed E-state index contributed by atoms with van der Waals surface area (Å²) in [5.74, 6) is 0.320. The van der Waals surface area contributed by atoms with Gasteiger partial charge in [-0.25, -0.2) is 0 Å². The van der Waals surface area contributed by atoms with Gasteiger partial charge in [-0.15, -0.1) is 12.4 Å². The Labute approximate surface area is 146 Å². The third-order valence-corrected chi connectivity index (χ3v) is 4.18. The van der Waals surface area contributed by atoms with Gasteiger partial charge in [-0.3, -0.25) is 9.78 Å². The first-order valence-electron chi connectivity index (χ1n) is 7.60. The Morgan fingerprint density at radius 2 is 2.21 bits per heavy atom.